The lowest BCUT2D eigenvalue weighted by Crippen LogP contribution is -2.66. The van der Waals surface area contributed by atoms with E-state index >= 15 is 9.59 Å². The van der Waals surface area contributed by atoms with Crippen molar-refractivity contribution in [2.75, 3.05) is 9.80 Å². The monoisotopic (exact) mass is 668 g/mol. The van der Waals surface area contributed by atoms with Gasteiger partial charge >= 0.3 is 6.09 Å². The van der Waals surface area contributed by atoms with E-state index in [1.54, 1.807) is 14.7 Å². The smallest absolute Gasteiger partial charge is 0.412 e. The summed E-state index contributed by atoms with van der Waals surface area (Å²) < 4.78 is 6.25. The van der Waals surface area contributed by atoms with Crippen LogP contribution in [0.5, 0.6) is 0 Å². The number of carbonyl (C=O) groups excluding carboxylic acids is 3. The van der Waals surface area contributed by atoms with Crippen LogP contribution in [0.1, 0.15) is 75.1 Å². The maximum atomic E-state index is 15.9. The predicted molar refractivity (Wildman–Crippen MR) is 193 cm³/mol. The Hall–Kier alpha value is -4.95. The molecule has 3 aliphatic heterocycles. The van der Waals surface area contributed by atoms with Gasteiger partial charge in [-0.1, -0.05) is 116 Å². The summed E-state index contributed by atoms with van der Waals surface area (Å²) in [6, 6.07) is 35.2. The summed E-state index contributed by atoms with van der Waals surface area (Å²) in [6.07, 6.45) is 3.65. The zero-order valence-corrected chi connectivity index (χ0v) is 29.0. The lowest BCUT2D eigenvalue weighted by atomic mass is 9.69. The maximum Gasteiger partial charge on any atom is 0.412 e. The zero-order valence-electron chi connectivity index (χ0n) is 29.0. The van der Waals surface area contributed by atoms with Crippen LogP contribution >= 0.6 is 0 Å². The number of nitrogens with zero attached hydrogens (tertiary/aromatic N) is 3. The van der Waals surface area contributed by atoms with Gasteiger partial charge in [-0.2, -0.15) is 0 Å². The molecule has 4 aromatic rings. The van der Waals surface area contributed by atoms with Gasteiger partial charge in [0.2, 0.25) is 0 Å². The molecule has 0 aromatic heterocycles. The highest BCUT2D eigenvalue weighted by Crippen LogP contribution is 2.63. The zero-order chi connectivity index (χ0) is 34.7. The first-order chi connectivity index (χ1) is 24.2. The molecule has 50 heavy (non-hydrogen) atoms. The minimum atomic E-state index is -1.78. The van der Waals surface area contributed by atoms with Crippen molar-refractivity contribution < 1.29 is 19.1 Å². The van der Waals surface area contributed by atoms with E-state index in [1.165, 1.54) is 0 Å². The van der Waals surface area contributed by atoms with Crippen molar-refractivity contribution >= 4 is 29.3 Å². The lowest BCUT2D eigenvalue weighted by molar-refractivity contribution is -0.140. The van der Waals surface area contributed by atoms with Gasteiger partial charge in [-0.3, -0.25) is 19.8 Å². The molecule has 1 N–H and O–H groups in total. The van der Waals surface area contributed by atoms with Crippen LogP contribution in [0, 0.1) is 5.92 Å². The molecule has 3 amide bonds. The van der Waals surface area contributed by atoms with Crippen LogP contribution in [0.3, 0.4) is 0 Å². The summed E-state index contributed by atoms with van der Waals surface area (Å²) in [5.74, 6) is -0.554. The third-order valence-electron chi connectivity index (χ3n) is 10.9. The van der Waals surface area contributed by atoms with E-state index in [0.717, 1.165) is 48.9 Å². The second kappa shape index (κ2) is 12.1. The summed E-state index contributed by atoms with van der Waals surface area (Å²) in [7, 11) is 0. The van der Waals surface area contributed by atoms with Crippen LogP contribution in [0.15, 0.2) is 109 Å². The van der Waals surface area contributed by atoms with Gasteiger partial charge in [-0.15, -0.1) is 0 Å². The minimum Gasteiger partial charge on any atom is -0.444 e. The SMILES string of the molecule is CC(C)(C)OC(=O)N1C(C2CCCCC2)NC2(C(=O)N(Cc3ccccc3)c3ccccc32)C12C(=O)N(Cc1ccccc1)c1ccccc12. The average molecular weight is 669 g/mol. The predicted octanol–water partition coefficient (Wildman–Crippen LogP) is 7.62. The topological polar surface area (TPSA) is 82.2 Å². The molecule has 3 atom stereocenters. The van der Waals surface area contributed by atoms with Crippen molar-refractivity contribution in [3.05, 3.63) is 131 Å². The Morgan fingerprint density at radius 1 is 0.700 bits per heavy atom. The van der Waals surface area contributed by atoms with E-state index in [9.17, 15) is 4.79 Å². The van der Waals surface area contributed by atoms with Gasteiger partial charge in [0, 0.05) is 16.8 Å². The number of hydrogen-bond acceptors (Lipinski definition) is 5. The van der Waals surface area contributed by atoms with Crippen LogP contribution in [-0.4, -0.2) is 34.6 Å². The van der Waals surface area contributed by atoms with E-state index in [1.807, 2.05) is 130 Å². The average Bonchev–Trinajstić information content (AvgIpc) is 3.67. The van der Waals surface area contributed by atoms with Gasteiger partial charge in [-0.05, 0) is 62.8 Å². The number of ether oxygens (including phenoxy) is 1. The molecule has 2 fully saturated rings. The number of nitrogens with one attached hydrogen (secondary N) is 1. The Kier molecular flexibility index (Phi) is 7.83. The van der Waals surface area contributed by atoms with E-state index in [4.69, 9.17) is 4.74 Å². The molecule has 1 saturated heterocycles. The lowest BCUT2D eigenvalue weighted by Gasteiger charge is -2.43. The number of carbonyl (C=O) groups is 3. The molecule has 1 saturated carbocycles. The first-order valence-corrected chi connectivity index (χ1v) is 17.9. The van der Waals surface area contributed by atoms with Crippen LogP contribution in [0.4, 0.5) is 16.2 Å². The third kappa shape index (κ3) is 4.79. The number of rotatable bonds is 5. The molecule has 1 aliphatic carbocycles. The quantitative estimate of drug-likeness (QED) is 0.237. The Balaban J connectivity index is 1.41. The molecular formula is C42H44N4O4. The molecule has 8 rings (SSSR count). The van der Waals surface area contributed by atoms with Gasteiger partial charge in [0.1, 0.15) is 5.60 Å². The summed E-state index contributed by atoms with van der Waals surface area (Å²) in [5.41, 5.74) is 0.408. The van der Waals surface area contributed by atoms with E-state index in [-0.39, 0.29) is 24.3 Å². The highest BCUT2D eigenvalue weighted by molar-refractivity contribution is 6.19. The summed E-state index contributed by atoms with van der Waals surface area (Å²) in [4.78, 5) is 51.9. The molecule has 4 aliphatic rings. The maximum absolute atomic E-state index is 15.9. The summed E-state index contributed by atoms with van der Waals surface area (Å²) in [5, 5.41) is 3.85. The second-order valence-electron chi connectivity index (χ2n) is 15.1. The first kappa shape index (κ1) is 32.3. The van der Waals surface area contributed by atoms with Crippen LogP contribution in [-0.2, 0) is 38.5 Å². The highest BCUT2D eigenvalue weighted by atomic mass is 16.6. The van der Waals surface area contributed by atoms with Gasteiger partial charge < -0.3 is 14.5 Å². The molecule has 8 nitrogen and oxygen atoms in total. The molecule has 0 bridgehead atoms. The van der Waals surface area contributed by atoms with Gasteiger partial charge in [-0.25, -0.2) is 4.79 Å². The first-order valence-electron chi connectivity index (χ1n) is 17.9. The molecule has 3 unspecified atom stereocenters. The van der Waals surface area contributed by atoms with E-state index in [2.05, 4.69) is 5.32 Å². The number of fused-ring (bicyclic) bond motifs is 5. The molecule has 2 spiro atoms. The Bertz CT molecular complexity index is 1940. The van der Waals surface area contributed by atoms with Gasteiger partial charge in [0.25, 0.3) is 11.8 Å². The van der Waals surface area contributed by atoms with Crippen molar-refractivity contribution in [3.8, 4) is 0 Å². The third-order valence-corrected chi connectivity index (χ3v) is 10.9. The van der Waals surface area contributed by atoms with Gasteiger partial charge in [0.15, 0.2) is 11.1 Å². The Labute approximate surface area is 294 Å². The van der Waals surface area contributed by atoms with Crippen molar-refractivity contribution in [3.63, 3.8) is 0 Å². The fourth-order valence-electron chi connectivity index (χ4n) is 8.94. The molecule has 8 heteroatoms. The van der Waals surface area contributed by atoms with E-state index < -0.39 is 28.9 Å². The molecule has 4 aromatic carbocycles. The molecule has 3 heterocycles. The van der Waals surface area contributed by atoms with Crippen LogP contribution < -0.4 is 15.1 Å². The number of amides is 3. The standard InChI is InChI=1S/C42H44N4O4/c1-40(2,3)50-39(49)46-36(31-21-11-6-12-22-31)43-41(32-23-13-15-25-34(32)44(37(41)47)27-29-17-7-4-8-18-29)42(46)33-24-14-16-26-35(33)45(38(42)48)28-30-19-9-5-10-20-30/h4-5,7-10,13-20,23-26,31,36,43H,6,11-12,21-22,27-28H2,1-3H3. The minimum absolute atomic E-state index is 0.0128. The fraction of sp³-hybridized carbons (Fsp3) is 0.357. The van der Waals surface area contributed by atoms with Crippen molar-refractivity contribution in [1.29, 1.82) is 0 Å². The van der Waals surface area contributed by atoms with Crippen molar-refractivity contribution in [2.24, 2.45) is 5.92 Å². The Morgan fingerprint density at radius 2 is 1.20 bits per heavy atom. The summed E-state index contributed by atoms with van der Waals surface area (Å²) in [6.45, 7) is 6.14. The highest BCUT2D eigenvalue weighted by Gasteiger charge is 2.80. The fourth-order valence-corrected chi connectivity index (χ4v) is 8.94. The largest absolute Gasteiger partial charge is 0.444 e. The number of benzene rings is 4. The van der Waals surface area contributed by atoms with E-state index in [0.29, 0.717) is 23.4 Å². The molecule has 0 radical (unpaired) electrons. The number of anilines is 2. The van der Waals surface area contributed by atoms with Crippen LogP contribution in [0.25, 0.3) is 0 Å². The Morgan fingerprint density at radius 3 is 1.78 bits per heavy atom. The molecular weight excluding hydrogens is 624 g/mol. The normalized spacial score (nSPS) is 24.7. The number of para-hydroxylation sites is 2. The number of hydrogen-bond donors (Lipinski definition) is 1. The second-order valence-corrected chi connectivity index (χ2v) is 15.1. The summed E-state index contributed by atoms with van der Waals surface area (Å²) >= 11 is 0. The van der Waals surface area contributed by atoms with Crippen molar-refractivity contribution in [2.45, 2.75) is 88.8 Å². The molecule has 256 valence electrons. The van der Waals surface area contributed by atoms with Gasteiger partial charge in [0.05, 0.1) is 24.9 Å². The van der Waals surface area contributed by atoms with Crippen molar-refractivity contribution in [1.82, 2.24) is 10.2 Å². The van der Waals surface area contributed by atoms with Crippen LogP contribution in [0.2, 0.25) is 0 Å².